The fraction of sp³-hybridized carbons (Fsp3) is 0.467. The zero-order valence-corrected chi connectivity index (χ0v) is 12.9. The molecule has 0 aliphatic carbocycles. The molecule has 0 radical (unpaired) electrons. The minimum atomic E-state index is -0.819. The van der Waals surface area contributed by atoms with E-state index in [2.05, 4.69) is 0 Å². The lowest BCUT2D eigenvalue weighted by molar-refractivity contribution is -0.141. The van der Waals surface area contributed by atoms with E-state index in [0.29, 0.717) is 19.5 Å². The summed E-state index contributed by atoms with van der Waals surface area (Å²) in [5.41, 5.74) is 0. The average Bonchev–Trinajstić information content (AvgIpc) is 2.97. The van der Waals surface area contributed by atoms with Crippen LogP contribution in [0.1, 0.15) is 13.3 Å². The Hall–Kier alpha value is -1.69. The van der Waals surface area contributed by atoms with Crippen molar-refractivity contribution in [3.05, 3.63) is 24.3 Å². The standard InChI is InChI=1S/C15H19NO4S/c1-10(21-13-5-3-12(20-2)4-6-13)14(17)16-8-7-11(9-16)15(18)19/h3-6,10-11H,7-9H2,1-2H3,(H,18,19). The summed E-state index contributed by atoms with van der Waals surface area (Å²) in [5, 5.41) is 8.75. The first kappa shape index (κ1) is 15.7. The van der Waals surface area contributed by atoms with Crippen molar-refractivity contribution in [1.82, 2.24) is 4.90 Å². The Labute approximate surface area is 128 Å². The summed E-state index contributed by atoms with van der Waals surface area (Å²) in [4.78, 5) is 25.9. The summed E-state index contributed by atoms with van der Waals surface area (Å²) in [5.74, 6) is -0.463. The number of nitrogens with zero attached hydrogens (tertiary/aromatic N) is 1. The number of carbonyl (C=O) groups excluding carboxylic acids is 1. The second kappa shape index (κ2) is 6.85. The monoisotopic (exact) mass is 309 g/mol. The van der Waals surface area contributed by atoms with E-state index in [1.54, 1.807) is 12.0 Å². The second-order valence-electron chi connectivity index (χ2n) is 5.04. The molecule has 1 saturated heterocycles. The molecule has 114 valence electrons. The molecular formula is C15H19NO4S. The fourth-order valence-corrected chi connectivity index (χ4v) is 3.28. The number of methoxy groups -OCH3 is 1. The highest BCUT2D eigenvalue weighted by Crippen LogP contribution is 2.28. The van der Waals surface area contributed by atoms with E-state index in [1.165, 1.54) is 11.8 Å². The van der Waals surface area contributed by atoms with Crippen LogP contribution in [-0.2, 0) is 9.59 Å². The zero-order chi connectivity index (χ0) is 15.4. The van der Waals surface area contributed by atoms with Gasteiger partial charge in [-0.05, 0) is 37.6 Å². The van der Waals surface area contributed by atoms with Crippen LogP contribution < -0.4 is 4.74 Å². The van der Waals surface area contributed by atoms with Crippen LogP contribution in [0, 0.1) is 5.92 Å². The van der Waals surface area contributed by atoms with Gasteiger partial charge in [0.1, 0.15) is 5.75 Å². The number of hydrogen-bond donors (Lipinski definition) is 1. The molecule has 1 aliphatic rings. The van der Waals surface area contributed by atoms with Crippen molar-refractivity contribution in [2.75, 3.05) is 20.2 Å². The van der Waals surface area contributed by atoms with Crippen molar-refractivity contribution in [1.29, 1.82) is 0 Å². The van der Waals surface area contributed by atoms with Crippen LogP contribution in [0.25, 0.3) is 0 Å². The number of amides is 1. The predicted molar refractivity (Wildman–Crippen MR) is 80.6 cm³/mol. The lowest BCUT2D eigenvalue weighted by Crippen LogP contribution is -2.35. The number of ether oxygens (including phenoxy) is 1. The van der Waals surface area contributed by atoms with E-state index in [4.69, 9.17) is 9.84 Å². The van der Waals surface area contributed by atoms with Crippen LogP contribution in [0.3, 0.4) is 0 Å². The topological polar surface area (TPSA) is 66.8 Å². The van der Waals surface area contributed by atoms with Gasteiger partial charge in [0.15, 0.2) is 0 Å². The highest BCUT2D eigenvalue weighted by molar-refractivity contribution is 8.00. The van der Waals surface area contributed by atoms with Gasteiger partial charge in [-0.2, -0.15) is 0 Å². The van der Waals surface area contributed by atoms with E-state index >= 15 is 0 Å². The smallest absolute Gasteiger partial charge is 0.308 e. The Morgan fingerprint density at radius 1 is 1.38 bits per heavy atom. The molecule has 1 aliphatic heterocycles. The molecule has 1 aromatic carbocycles. The minimum absolute atomic E-state index is 0.000400. The van der Waals surface area contributed by atoms with Crippen molar-refractivity contribution in [2.24, 2.45) is 5.92 Å². The molecule has 0 bridgehead atoms. The van der Waals surface area contributed by atoms with Gasteiger partial charge in [-0.1, -0.05) is 0 Å². The number of carbonyl (C=O) groups is 2. The van der Waals surface area contributed by atoms with E-state index in [9.17, 15) is 9.59 Å². The summed E-state index contributed by atoms with van der Waals surface area (Å²) in [7, 11) is 1.61. The molecule has 2 atom stereocenters. The van der Waals surface area contributed by atoms with Crippen LogP contribution in [0.4, 0.5) is 0 Å². The van der Waals surface area contributed by atoms with Gasteiger partial charge >= 0.3 is 5.97 Å². The summed E-state index contributed by atoms with van der Waals surface area (Å²) in [6.45, 7) is 2.70. The second-order valence-corrected chi connectivity index (χ2v) is 6.46. The molecule has 0 aromatic heterocycles. The number of benzene rings is 1. The largest absolute Gasteiger partial charge is 0.497 e. The lowest BCUT2D eigenvalue weighted by Gasteiger charge is -2.20. The predicted octanol–water partition coefficient (Wildman–Crippen LogP) is 2.11. The highest BCUT2D eigenvalue weighted by Gasteiger charge is 2.32. The molecule has 5 nitrogen and oxygen atoms in total. The Morgan fingerprint density at radius 3 is 2.57 bits per heavy atom. The molecular weight excluding hydrogens is 290 g/mol. The van der Waals surface area contributed by atoms with Crippen LogP contribution in [0.2, 0.25) is 0 Å². The van der Waals surface area contributed by atoms with Crippen molar-refractivity contribution in [3.8, 4) is 5.75 Å². The Kier molecular flexibility index (Phi) is 5.12. The van der Waals surface area contributed by atoms with Gasteiger partial charge in [-0.3, -0.25) is 9.59 Å². The Balaban J connectivity index is 1.92. The number of carboxylic acid groups (broad SMARTS) is 1. The molecule has 1 N–H and O–H groups in total. The molecule has 1 amide bonds. The average molecular weight is 309 g/mol. The lowest BCUT2D eigenvalue weighted by atomic mass is 10.1. The van der Waals surface area contributed by atoms with Crippen molar-refractivity contribution < 1.29 is 19.4 Å². The SMILES string of the molecule is COc1ccc(SC(C)C(=O)N2CCC(C(=O)O)C2)cc1. The Bertz CT molecular complexity index is 517. The molecule has 1 fully saturated rings. The van der Waals surface area contributed by atoms with E-state index in [0.717, 1.165) is 10.6 Å². The maximum absolute atomic E-state index is 12.3. The highest BCUT2D eigenvalue weighted by atomic mass is 32.2. The maximum atomic E-state index is 12.3. The van der Waals surface area contributed by atoms with E-state index < -0.39 is 11.9 Å². The first-order chi connectivity index (χ1) is 10.0. The van der Waals surface area contributed by atoms with Crippen LogP contribution >= 0.6 is 11.8 Å². The van der Waals surface area contributed by atoms with Gasteiger partial charge in [0, 0.05) is 18.0 Å². The van der Waals surface area contributed by atoms with Gasteiger partial charge in [-0.25, -0.2) is 0 Å². The number of aliphatic carboxylic acids is 1. The summed E-state index contributed by atoms with van der Waals surface area (Å²) in [6.07, 6.45) is 0.543. The van der Waals surface area contributed by atoms with Gasteiger partial charge in [0.2, 0.25) is 5.91 Å². The maximum Gasteiger partial charge on any atom is 0.308 e. The van der Waals surface area contributed by atoms with E-state index in [-0.39, 0.29) is 11.2 Å². The van der Waals surface area contributed by atoms with Crippen LogP contribution in [-0.4, -0.2) is 47.3 Å². The number of thioether (sulfide) groups is 1. The summed E-state index contributed by atoms with van der Waals surface area (Å²) in [6, 6.07) is 7.54. The van der Waals surface area contributed by atoms with Crippen molar-refractivity contribution in [2.45, 2.75) is 23.5 Å². The molecule has 1 heterocycles. The van der Waals surface area contributed by atoms with Gasteiger partial charge in [0.05, 0.1) is 18.3 Å². The normalized spacial score (nSPS) is 19.3. The Morgan fingerprint density at radius 2 is 2.05 bits per heavy atom. The molecule has 0 saturated carbocycles. The van der Waals surface area contributed by atoms with Crippen LogP contribution in [0.5, 0.6) is 5.75 Å². The zero-order valence-electron chi connectivity index (χ0n) is 12.1. The third kappa shape index (κ3) is 3.91. The van der Waals surface area contributed by atoms with Gasteiger partial charge in [-0.15, -0.1) is 11.8 Å². The van der Waals surface area contributed by atoms with Crippen LogP contribution in [0.15, 0.2) is 29.2 Å². The van der Waals surface area contributed by atoms with E-state index in [1.807, 2.05) is 31.2 Å². The quantitative estimate of drug-likeness (QED) is 0.844. The van der Waals surface area contributed by atoms with Crippen molar-refractivity contribution >= 4 is 23.6 Å². The first-order valence-electron chi connectivity index (χ1n) is 6.83. The molecule has 6 heteroatoms. The summed E-state index contributed by atoms with van der Waals surface area (Å²) < 4.78 is 5.10. The number of rotatable bonds is 5. The number of hydrogen-bond acceptors (Lipinski definition) is 4. The summed E-state index contributed by atoms with van der Waals surface area (Å²) >= 11 is 1.47. The number of carboxylic acids is 1. The molecule has 2 unspecified atom stereocenters. The number of likely N-dealkylation sites (tertiary alicyclic amines) is 1. The third-order valence-corrected chi connectivity index (χ3v) is 4.67. The van der Waals surface area contributed by atoms with Gasteiger partial charge < -0.3 is 14.7 Å². The third-order valence-electron chi connectivity index (χ3n) is 3.57. The van der Waals surface area contributed by atoms with Crippen molar-refractivity contribution in [3.63, 3.8) is 0 Å². The molecule has 21 heavy (non-hydrogen) atoms. The first-order valence-corrected chi connectivity index (χ1v) is 7.71. The molecule has 0 spiro atoms. The fourth-order valence-electron chi connectivity index (χ4n) is 2.33. The molecule has 2 rings (SSSR count). The minimum Gasteiger partial charge on any atom is -0.497 e. The molecule has 1 aromatic rings. The van der Waals surface area contributed by atoms with Gasteiger partial charge in [0.25, 0.3) is 0 Å².